The second-order valence-corrected chi connectivity index (χ2v) is 5.87. The summed E-state index contributed by atoms with van der Waals surface area (Å²) >= 11 is 0. The van der Waals surface area contributed by atoms with E-state index in [1.54, 1.807) is 14.0 Å². The van der Waals surface area contributed by atoms with Gasteiger partial charge in [-0.05, 0) is 20.3 Å². The van der Waals surface area contributed by atoms with Gasteiger partial charge in [-0.25, -0.2) is 13.1 Å². The van der Waals surface area contributed by atoms with Gasteiger partial charge in [0.1, 0.15) is 0 Å². The molecule has 0 amide bonds. The maximum atomic E-state index is 11.2. The largest absolute Gasteiger partial charge is 0.382 e. The molecule has 0 saturated heterocycles. The van der Waals surface area contributed by atoms with Gasteiger partial charge in [0.15, 0.2) is 5.96 Å². The van der Waals surface area contributed by atoms with Crippen LogP contribution in [0.1, 0.15) is 20.3 Å². The smallest absolute Gasteiger partial charge is 0.211 e. The van der Waals surface area contributed by atoms with Gasteiger partial charge in [-0.3, -0.25) is 4.99 Å². The lowest BCUT2D eigenvalue weighted by Gasteiger charge is -2.12. The number of halogens is 1. The standard InChI is InChI=1S/C11H26N4O3S.HI/c1-4-18-10-6-7-13-11(12-3)14-8-9-15-19(16,17)5-2;/h15H,4-10H2,1-3H3,(H2,12,13,14);1H. The Bertz CT molecular complexity index is 350. The minimum atomic E-state index is -3.12. The third-order valence-electron chi connectivity index (χ3n) is 2.31. The van der Waals surface area contributed by atoms with Crippen molar-refractivity contribution >= 4 is 40.0 Å². The van der Waals surface area contributed by atoms with E-state index < -0.39 is 10.0 Å². The van der Waals surface area contributed by atoms with Crippen LogP contribution in [0.15, 0.2) is 4.99 Å². The molecular weight excluding hydrogens is 395 g/mol. The number of nitrogens with one attached hydrogen (secondary N) is 3. The lowest BCUT2D eigenvalue weighted by Crippen LogP contribution is -2.42. The summed E-state index contributed by atoms with van der Waals surface area (Å²) in [6.07, 6.45) is 0.900. The van der Waals surface area contributed by atoms with Crippen molar-refractivity contribution in [1.29, 1.82) is 0 Å². The topological polar surface area (TPSA) is 91.8 Å². The van der Waals surface area contributed by atoms with E-state index in [2.05, 4.69) is 20.3 Å². The van der Waals surface area contributed by atoms with Crippen molar-refractivity contribution in [2.45, 2.75) is 20.3 Å². The highest BCUT2D eigenvalue weighted by molar-refractivity contribution is 14.0. The fourth-order valence-electron chi connectivity index (χ4n) is 1.24. The first-order valence-electron chi connectivity index (χ1n) is 6.55. The summed E-state index contributed by atoms with van der Waals surface area (Å²) in [4.78, 5) is 4.04. The van der Waals surface area contributed by atoms with Crippen molar-refractivity contribution in [1.82, 2.24) is 15.4 Å². The molecule has 0 aliphatic heterocycles. The van der Waals surface area contributed by atoms with Crippen molar-refractivity contribution < 1.29 is 13.2 Å². The number of nitrogens with zero attached hydrogens (tertiary/aromatic N) is 1. The van der Waals surface area contributed by atoms with Gasteiger partial charge < -0.3 is 15.4 Å². The van der Waals surface area contributed by atoms with E-state index in [-0.39, 0.29) is 29.7 Å². The normalized spacial score (nSPS) is 11.8. The van der Waals surface area contributed by atoms with E-state index in [1.807, 2.05) is 6.92 Å². The second kappa shape index (κ2) is 13.8. The Morgan fingerprint density at radius 1 is 1.15 bits per heavy atom. The molecule has 0 aromatic rings. The van der Waals surface area contributed by atoms with Crippen molar-refractivity contribution in [2.75, 3.05) is 45.6 Å². The van der Waals surface area contributed by atoms with E-state index in [0.29, 0.717) is 19.0 Å². The van der Waals surface area contributed by atoms with E-state index >= 15 is 0 Å². The van der Waals surface area contributed by atoms with Crippen LogP contribution >= 0.6 is 24.0 Å². The molecule has 0 atom stereocenters. The summed E-state index contributed by atoms with van der Waals surface area (Å²) in [5.41, 5.74) is 0. The summed E-state index contributed by atoms with van der Waals surface area (Å²) in [7, 11) is -1.44. The highest BCUT2D eigenvalue weighted by atomic mass is 127. The summed E-state index contributed by atoms with van der Waals surface area (Å²) in [6, 6.07) is 0. The lowest BCUT2D eigenvalue weighted by molar-refractivity contribution is 0.145. The minimum absolute atomic E-state index is 0. The molecule has 0 spiro atoms. The number of sulfonamides is 1. The fraction of sp³-hybridized carbons (Fsp3) is 0.909. The molecular formula is C11H27IN4O3S. The molecule has 7 nitrogen and oxygen atoms in total. The average Bonchev–Trinajstić information content (AvgIpc) is 2.41. The van der Waals surface area contributed by atoms with Gasteiger partial charge in [0.05, 0.1) is 5.75 Å². The molecule has 0 heterocycles. The maximum absolute atomic E-state index is 11.2. The fourth-order valence-corrected chi connectivity index (χ4v) is 1.85. The molecule has 0 fully saturated rings. The first kappa shape index (κ1) is 22.2. The van der Waals surface area contributed by atoms with Crippen molar-refractivity contribution in [3.05, 3.63) is 0 Å². The van der Waals surface area contributed by atoms with E-state index in [9.17, 15) is 8.42 Å². The van der Waals surface area contributed by atoms with Gasteiger partial charge in [-0.1, -0.05) is 0 Å². The molecule has 0 saturated carbocycles. The molecule has 0 bridgehead atoms. The van der Waals surface area contributed by atoms with Crippen LogP contribution in [-0.4, -0.2) is 60.0 Å². The van der Waals surface area contributed by atoms with E-state index in [1.165, 1.54) is 0 Å². The zero-order valence-corrected chi connectivity index (χ0v) is 15.6. The van der Waals surface area contributed by atoms with Gasteiger partial charge in [0.25, 0.3) is 0 Å². The van der Waals surface area contributed by atoms with Crippen LogP contribution in [0.3, 0.4) is 0 Å². The van der Waals surface area contributed by atoms with Crippen LogP contribution in [0, 0.1) is 0 Å². The molecule has 122 valence electrons. The van der Waals surface area contributed by atoms with E-state index in [4.69, 9.17) is 4.74 Å². The summed E-state index contributed by atoms with van der Waals surface area (Å²) in [6.45, 7) is 6.61. The average molecular weight is 422 g/mol. The van der Waals surface area contributed by atoms with Crippen molar-refractivity contribution in [2.24, 2.45) is 4.99 Å². The molecule has 20 heavy (non-hydrogen) atoms. The predicted molar refractivity (Wildman–Crippen MR) is 93.4 cm³/mol. The number of guanidine groups is 1. The molecule has 0 aliphatic rings. The molecule has 3 N–H and O–H groups in total. The number of aliphatic imine (C=N–C) groups is 1. The molecule has 0 aromatic carbocycles. The van der Waals surface area contributed by atoms with Gasteiger partial charge in [-0.15, -0.1) is 24.0 Å². The Morgan fingerprint density at radius 3 is 2.35 bits per heavy atom. The maximum Gasteiger partial charge on any atom is 0.211 e. The molecule has 0 unspecified atom stereocenters. The van der Waals surface area contributed by atoms with Crippen LogP contribution in [0.5, 0.6) is 0 Å². The molecule has 0 aliphatic carbocycles. The molecule has 0 radical (unpaired) electrons. The number of hydrogen-bond acceptors (Lipinski definition) is 4. The van der Waals surface area contributed by atoms with Crippen LogP contribution < -0.4 is 15.4 Å². The van der Waals surface area contributed by atoms with Gasteiger partial charge in [0, 0.05) is 39.9 Å². The second-order valence-electron chi connectivity index (χ2n) is 3.77. The Kier molecular flexibility index (Phi) is 15.3. The third-order valence-corrected chi connectivity index (χ3v) is 3.71. The summed E-state index contributed by atoms with van der Waals surface area (Å²) in [5, 5.41) is 6.15. The van der Waals surface area contributed by atoms with Gasteiger partial charge >= 0.3 is 0 Å². The van der Waals surface area contributed by atoms with Crippen LogP contribution in [0.4, 0.5) is 0 Å². The highest BCUT2D eigenvalue weighted by Gasteiger charge is 2.04. The Hall–Kier alpha value is -0.130. The van der Waals surface area contributed by atoms with Crippen molar-refractivity contribution in [3.63, 3.8) is 0 Å². The van der Waals surface area contributed by atoms with Gasteiger partial charge in [0.2, 0.25) is 10.0 Å². The number of hydrogen-bond donors (Lipinski definition) is 3. The molecule has 9 heteroatoms. The lowest BCUT2D eigenvalue weighted by atomic mass is 10.4. The monoisotopic (exact) mass is 422 g/mol. The SMILES string of the molecule is CCOCCCNC(=NC)NCCNS(=O)(=O)CC.I. The summed E-state index contributed by atoms with van der Waals surface area (Å²) in [5.74, 6) is 0.754. The Labute approximate surface area is 139 Å². The first-order chi connectivity index (χ1) is 9.05. The zero-order valence-electron chi connectivity index (χ0n) is 12.4. The number of rotatable bonds is 10. The van der Waals surface area contributed by atoms with E-state index in [0.717, 1.165) is 26.2 Å². The molecule has 0 aromatic heterocycles. The van der Waals surface area contributed by atoms with Crippen molar-refractivity contribution in [3.8, 4) is 0 Å². The number of ether oxygens (including phenoxy) is 1. The summed E-state index contributed by atoms with van der Waals surface area (Å²) < 4.78 is 30.1. The predicted octanol–water partition coefficient (Wildman–Crippen LogP) is 0.135. The molecule has 0 rings (SSSR count). The highest BCUT2D eigenvalue weighted by Crippen LogP contribution is 1.81. The Morgan fingerprint density at radius 2 is 1.80 bits per heavy atom. The zero-order chi connectivity index (χ0) is 14.6. The van der Waals surface area contributed by atoms with Crippen LogP contribution in [-0.2, 0) is 14.8 Å². The quantitative estimate of drug-likeness (QED) is 0.202. The van der Waals surface area contributed by atoms with Gasteiger partial charge in [-0.2, -0.15) is 0 Å². The van der Waals surface area contributed by atoms with Crippen LogP contribution in [0.2, 0.25) is 0 Å². The Balaban J connectivity index is 0. The minimum Gasteiger partial charge on any atom is -0.382 e. The first-order valence-corrected chi connectivity index (χ1v) is 8.20. The van der Waals surface area contributed by atoms with Crippen LogP contribution in [0.25, 0.3) is 0 Å². The third kappa shape index (κ3) is 12.9.